The number of carboxylic acid groups (broad SMARTS) is 2. The van der Waals surface area contributed by atoms with Gasteiger partial charge in [-0.3, -0.25) is 0 Å². The van der Waals surface area contributed by atoms with E-state index in [1.54, 1.807) is 0 Å². The smallest absolute Gasteiger partial charge is 0.249 e. The Morgan fingerprint density at radius 1 is 0.696 bits per heavy atom. The molecule has 0 aliphatic heterocycles. The van der Waals surface area contributed by atoms with Crippen molar-refractivity contribution in [3.8, 4) is 0 Å². The minimum absolute atomic E-state index is 1.12. The highest BCUT2D eigenvalue weighted by molar-refractivity contribution is 5.50. The fourth-order valence-corrected chi connectivity index (χ4v) is 2.72. The van der Waals surface area contributed by atoms with E-state index < -0.39 is 6.16 Å². The van der Waals surface area contributed by atoms with Crippen LogP contribution in [-0.2, 0) is 0 Å². The molecule has 0 saturated carbocycles. The lowest BCUT2D eigenvalue weighted by molar-refractivity contribution is -0.368. The molecular weight excluding hydrogens is 290 g/mol. The molecule has 0 amide bonds. The van der Waals surface area contributed by atoms with Gasteiger partial charge in [0.2, 0.25) is 6.16 Å². The largest absolute Gasteiger partial charge is 0.565 e. The molecule has 0 aromatic carbocycles. The van der Waals surface area contributed by atoms with Crippen molar-refractivity contribution in [2.75, 3.05) is 6.54 Å². The molecule has 0 bridgehead atoms. The number of rotatable bonds is 16. The molecular formula is C19H41NO3. The first-order valence-electron chi connectivity index (χ1n) is 9.84. The van der Waals surface area contributed by atoms with Crippen LogP contribution in [-0.4, -0.2) is 17.8 Å². The first-order valence-corrected chi connectivity index (χ1v) is 9.84. The molecule has 23 heavy (non-hydrogen) atoms. The van der Waals surface area contributed by atoms with Gasteiger partial charge < -0.3 is 20.7 Å². The second-order valence-electron chi connectivity index (χ2n) is 6.42. The average Bonchev–Trinajstić information content (AvgIpc) is 2.50. The lowest BCUT2D eigenvalue weighted by Crippen LogP contribution is -2.50. The first-order chi connectivity index (χ1) is 11.1. The Balaban J connectivity index is 0. The molecule has 0 unspecified atom stereocenters. The van der Waals surface area contributed by atoms with Gasteiger partial charge in [0.25, 0.3) is 0 Å². The number of hydrogen-bond acceptors (Lipinski definition) is 2. The van der Waals surface area contributed by atoms with E-state index in [-0.39, 0.29) is 0 Å². The molecule has 0 aromatic rings. The van der Waals surface area contributed by atoms with Gasteiger partial charge in [0.15, 0.2) is 0 Å². The van der Waals surface area contributed by atoms with E-state index in [1.807, 2.05) is 0 Å². The Morgan fingerprint density at radius 2 is 0.913 bits per heavy atom. The maximum absolute atomic E-state index is 8.44. The zero-order chi connectivity index (χ0) is 17.6. The molecule has 4 heteroatoms. The summed E-state index contributed by atoms with van der Waals surface area (Å²) in [6.07, 6.45) is 21.1. The highest BCUT2D eigenvalue weighted by atomic mass is 16.6. The molecule has 4 nitrogen and oxygen atoms in total. The Kier molecular flexibility index (Phi) is 25.0. The number of unbranched alkanes of at least 4 members (excludes halogenated alkanes) is 15. The van der Waals surface area contributed by atoms with Gasteiger partial charge in [-0.25, -0.2) is 0 Å². The maximum atomic E-state index is 8.44. The van der Waals surface area contributed by atoms with E-state index in [2.05, 4.69) is 12.7 Å². The molecule has 0 saturated heterocycles. The lowest BCUT2D eigenvalue weighted by Gasteiger charge is -2.03. The van der Waals surface area contributed by atoms with Gasteiger partial charge in [-0.1, -0.05) is 96.8 Å². The Morgan fingerprint density at radius 3 is 1.13 bits per heavy atom. The number of carbonyl (C=O) groups is 1. The Labute approximate surface area is 143 Å². The standard InChI is InChI=1S/C18H39N.CH2O3/c1-2-3-4-5-6-7-8-9-10-11-12-13-14-15-16-17-18-19;2-1(3)4/h2-19H2,1H3;(H2,2,3,4). The average molecular weight is 332 g/mol. The molecule has 0 aliphatic carbocycles. The summed E-state index contributed by atoms with van der Waals surface area (Å²) in [5.41, 5.74) is 3.89. The van der Waals surface area contributed by atoms with E-state index in [4.69, 9.17) is 15.0 Å². The minimum Gasteiger partial charge on any atom is -0.565 e. The lowest BCUT2D eigenvalue weighted by atomic mass is 10.0. The fourth-order valence-electron chi connectivity index (χ4n) is 2.72. The van der Waals surface area contributed by atoms with E-state index in [0.717, 1.165) is 6.54 Å². The normalized spacial score (nSPS) is 10.2. The summed E-state index contributed by atoms with van der Waals surface area (Å²) in [7, 11) is 0. The van der Waals surface area contributed by atoms with Crippen molar-refractivity contribution < 1.29 is 20.7 Å². The highest BCUT2D eigenvalue weighted by Gasteiger charge is 1.94. The Hall–Kier alpha value is -0.770. The van der Waals surface area contributed by atoms with Crippen LogP contribution in [0.1, 0.15) is 110 Å². The van der Waals surface area contributed by atoms with Crippen LogP contribution >= 0.6 is 0 Å². The zero-order valence-corrected chi connectivity index (χ0v) is 15.5. The third kappa shape index (κ3) is 33.8. The predicted octanol–water partition coefficient (Wildman–Crippen LogP) is 4.38. The van der Waals surface area contributed by atoms with Crippen molar-refractivity contribution >= 4 is 6.16 Å². The van der Waals surface area contributed by atoms with Gasteiger partial charge in [0.05, 0.1) is 6.54 Å². The third-order valence-electron chi connectivity index (χ3n) is 4.10. The van der Waals surface area contributed by atoms with Crippen LogP contribution in [0.5, 0.6) is 0 Å². The molecule has 0 aliphatic rings. The SMILES string of the molecule is CCCCCCCCCCCCCCCCCC[NH3+].O=C([O-])O. The van der Waals surface area contributed by atoms with Gasteiger partial charge in [-0.2, -0.15) is 0 Å². The zero-order valence-electron chi connectivity index (χ0n) is 15.5. The summed E-state index contributed by atoms with van der Waals surface area (Å²) >= 11 is 0. The summed E-state index contributed by atoms with van der Waals surface area (Å²) in [5, 5.41) is 15.3. The van der Waals surface area contributed by atoms with E-state index in [1.165, 1.54) is 103 Å². The van der Waals surface area contributed by atoms with Crippen LogP contribution in [0.25, 0.3) is 0 Å². The topological polar surface area (TPSA) is 88.0 Å². The molecule has 0 heterocycles. The van der Waals surface area contributed by atoms with Gasteiger partial charge in [-0.15, -0.1) is 0 Å². The maximum Gasteiger partial charge on any atom is 0.249 e. The molecule has 4 N–H and O–H groups in total. The summed E-state index contributed by atoms with van der Waals surface area (Å²) in [6.45, 7) is 3.42. The van der Waals surface area contributed by atoms with Crippen LogP contribution in [0.4, 0.5) is 4.79 Å². The van der Waals surface area contributed by atoms with Crippen LogP contribution in [0.15, 0.2) is 0 Å². The summed E-state index contributed by atoms with van der Waals surface area (Å²) in [4.78, 5) is 8.44. The highest BCUT2D eigenvalue weighted by Crippen LogP contribution is 2.13. The third-order valence-corrected chi connectivity index (χ3v) is 4.10. The van der Waals surface area contributed by atoms with Gasteiger partial charge in [0, 0.05) is 0 Å². The monoisotopic (exact) mass is 331 g/mol. The molecule has 0 atom stereocenters. The van der Waals surface area contributed by atoms with Crippen LogP contribution < -0.4 is 10.8 Å². The van der Waals surface area contributed by atoms with E-state index in [9.17, 15) is 0 Å². The van der Waals surface area contributed by atoms with Crippen LogP contribution in [0.3, 0.4) is 0 Å². The van der Waals surface area contributed by atoms with Crippen molar-refractivity contribution in [2.45, 2.75) is 110 Å². The molecule has 0 radical (unpaired) electrons. The van der Waals surface area contributed by atoms with Crippen molar-refractivity contribution in [3.63, 3.8) is 0 Å². The first kappa shape index (κ1) is 24.5. The fraction of sp³-hybridized carbons (Fsp3) is 0.947. The molecule has 0 fully saturated rings. The molecule has 0 aromatic heterocycles. The molecule has 140 valence electrons. The quantitative estimate of drug-likeness (QED) is 0.411. The second kappa shape index (κ2) is 23.5. The van der Waals surface area contributed by atoms with Gasteiger partial charge in [-0.05, 0) is 12.8 Å². The van der Waals surface area contributed by atoms with Crippen LogP contribution in [0, 0.1) is 0 Å². The van der Waals surface area contributed by atoms with Crippen LogP contribution in [0.2, 0.25) is 0 Å². The van der Waals surface area contributed by atoms with E-state index in [0.29, 0.717) is 0 Å². The second-order valence-corrected chi connectivity index (χ2v) is 6.42. The van der Waals surface area contributed by atoms with Gasteiger partial charge in [0.1, 0.15) is 0 Å². The van der Waals surface area contributed by atoms with Crippen molar-refractivity contribution in [3.05, 3.63) is 0 Å². The molecule has 0 rings (SSSR count). The van der Waals surface area contributed by atoms with Crippen molar-refractivity contribution in [1.82, 2.24) is 0 Å². The Bertz CT molecular complexity index is 203. The summed E-state index contributed by atoms with van der Waals surface area (Å²) in [5.74, 6) is 0. The number of hydrogen-bond donors (Lipinski definition) is 2. The van der Waals surface area contributed by atoms with Gasteiger partial charge >= 0.3 is 0 Å². The molecule has 0 spiro atoms. The minimum atomic E-state index is -2.08. The summed E-state index contributed by atoms with van der Waals surface area (Å²) < 4.78 is 0. The van der Waals surface area contributed by atoms with E-state index >= 15 is 0 Å². The van der Waals surface area contributed by atoms with Crippen molar-refractivity contribution in [2.24, 2.45) is 0 Å². The number of quaternary nitrogens is 1. The van der Waals surface area contributed by atoms with Crippen molar-refractivity contribution in [1.29, 1.82) is 0 Å². The predicted molar refractivity (Wildman–Crippen MR) is 95.3 cm³/mol. The summed E-state index contributed by atoms with van der Waals surface area (Å²) in [6, 6.07) is 0.